The molecule has 0 fully saturated rings. The van der Waals surface area contributed by atoms with Crippen LogP contribution in [0.2, 0.25) is 0 Å². The van der Waals surface area contributed by atoms with Crippen molar-refractivity contribution in [1.29, 1.82) is 0 Å². The Kier molecular flexibility index (Phi) is 5.73. The molecule has 0 aliphatic carbocycles. The molecule has 0 saturated carbocycles. The standard InChI is InChI=1S/C15H23NOS/c1-10(2)13(5)16-15(17)9-18-14-8-11(3)6-7-12(14)4/h6-8,10,13H,9H2,1-5H3,(H,16,17). The van der Waals surface area contributed by atoms with E-state index in [4.69, 9.17) is 0 Å². The number of thioether (sulfide) groups is 1. The minimum atomic E-state index is 0.113. The van der Waals surface area contributed by atoms with Crippen LogP contribution in [0.3, 0.4) is 0 Å². The molecule has 1 N–H and O–H groups in total. The molecule has 1 rings (SSSR count). The molecule has 1 unspecified atom stereocenters. The van der Waals surface area contributed by atoms with E-state index in [0.29, 0.717) is 11.7 Å². The number of carbonyl (C=O) groups is 1. The summed E-state index contributed by atoms with van der Waals surface area (Å²) < 4.78 is 0. The van der Waals surface area contributed by atoms with Gasteiger partial charge in [-0.3, -0.25) is 4.79 Å². The Bertz CT molecular complexity index is 415. The van der Waals surface area contributed by atoms with Crippen molar-refractivity contribution in [2.45, 2.75) is 45.6 Å². The van der Waals surface area contributed by atoms with E-state index in [1.165, 1.54) is 16.0 Å². The summed E-state index contributed by atoms with van der Waals surface area (Å²) in [5, 5.41) is 3.02. The molecule has 1 atom stereocenters. The molecule has 0 bridgehead atoms. The van der Waals surface area contributed by atoms with Gasteiger partial charge in [-0.25, -0.2) is 0 Å². The van der Waals surface area contributed by atoms with Crippen LogP contribution in [0.5, 0.6) is 0 Å². The summed E-state index contributed by atoms with van der Waals surface area (Å²) in [6, 6.07) is 6.57. The molecule has 1 amide bonds. The summed E-state index contributed by atoms with van der Waals surface area (Å²) in [4.78, 5) is 13.0. The highest BCUT2D eigenvalue weighted by molar-refractivity contribution is 8.00. The second kappa shape index (κ2) is 6.83. The van der Waals surface area contributed by atoms with Crippen LogP contribution < -0.4 is 5.32 Å². The average Bonchev–Trinajstić information content (AvgIpc) is 2.30. The first-order valence-corrected chi connectivity index (χ1v) is 7.38. The van der Waals surface area contributed by atoms with Crippen molar-refractivity contribution < 1.29 is 4.79 Å². The Balaban J connectivity index is 2.50. The van der Waals surface area contributed by atoms with Crippen molar-refractivity contribution in [3.63, 3.8) is 0 Å². The van der Waals surface area contributed by atoms with Crippen molar-refractivity contribution in [2.75, 3.05) is 5.75 Å². The van der Waals surface area contributed by atoms with Gasteiger partial charge in [0.05, 0.1) is 5.75 Å². The highest BCUT2D eigenvalue weighted by Gasteiger charge is 2.11. The summed E-state index contributed by atoms with van der Waals surface area (Å²) in [6.07, 6.45) is 0. The predicted octanol–water partition coefficient (Wildman–Crippen LogP) is 3.56. The summed E-state index contributed by atoms with van der Waals surface area (Å²) in [7, 11) is 0. The number of hydrogen-bond donors (Lipinski definition) is 1. The smallest absolute Gasteiger partial charge is 0.230 e. The first kappa shape index (κ1) is 15.1. The fourth-order valence-corrected chi connectivity index (χ4v) is 2.40. The normalized spacial score (nSPS) is 12.6. The summed E-state index contributed by atoms with van der Waals surface area (Å²) in [5.74, 6) is 1.07. The van der Waals surface area contributed by atoms with Crippen LogP contribution in [-0.2, 0) is 4.79 Å². The first-order chi connectivity index (χ1) is 8.40. The van der Waals surface area contributed by atoms with E-state index in [-0.39, 0.29) is 11.9 Å². The van der Waals surface area contributed by atoms with Gasteiger partial charge in [0.25, 0.3) is 0 Å². The van der Waals surface area contributed by atoms with Gasteiger partial charge in [0, 0.05) is 10.9 Å². The van der Waals surface area contributed by atoms with E-state index in [1.807, 2.05) is 6.92 Å². The molecule has 0 aromatic heterocycles. The minimum absolute atomic E-state index is 0.113. The first-order valence-electron chi connectivity index (χ1n) is 6.39. The van der Waals surface area contributed by atoms with Crippen LogP contribution in [0.15, 0.2) is 23.1 Å². The van der Waals surface area contributed by atoms with Crippen molar-refractivity contribution >= 4 is 17.7 Å². The van der Waals surface area contributed by atoms with Gasteiger partial charge in [-0.2, -0.15) is 0 Å². The predicted molar refractivity (Wildman–Crippen MR) is 79.1 cm³/mol. The number of aryl methyl sites for hydroxylation is 2. The number of nitrogens with one attached hydrogen (secondary N) is 1. The quantitative estimate of drug-likeness (QED) is 0.825. The lowest BCUT2D eigenvalue weighted by atomic mass is 10.1. The second-order valence-corrected chi connectivity index (χ2v) is 6.18. The van der Waals surface area contributed by atoms with Gasteiger partial charge in [-0.05, 0) is 38.3 Å². The number of carbonyl (C=O) groups excluding carboxylic acids is 1. The Morgan fingerprint density at radius 2 is 1.94 bits per heavy atom. The highest BCUT2D eigenvalue weighted by atomic mass is 32.2. The van der Waals surface area contributed by atoms with Gasteiger partial charge in [-0.15, -0.1) is 11.8 Å². The molecule has 0 radical (unpaired) electrons. The molecule has 0 aliphatic rings. The molecule has 2 nitrogen and oxygen atoms in total. The molecule has 1 aromatic carbocycles. The number of hydrogen-bond acceptors (Lipinski definition) is 2. The molecule has 0 heterocycles. The van der Waals surface area contributed by atoms with E-state index >= 15 is 0 Å². The molecule has 100 valence electrons. The summed E-state index contributed by atoms with van der Waals surface area (Å²) >= 11 is 1.61. The zero-order valence-corrected chi connectivity index (χ0v) is 12.7. The van der Waals surface area contributed by atoms with Crippen molar-refractivity contribution in [2.24, 2.45) is 5.92 Å². The molecule has 0 aliphatic heterocycles. The monoisotopic (exact) mass is 265 g/mol. The average molecular weight is 265 g/mol. The Hall–Kier alpha value is -0.960. The van der Waals surface area contributed by atoms with E-state index < -0.39 is 0 Å². The van der Waals surface area contributed by atoms with Gasteiger partial charge < -0.3 is 5.32 Å². The summed E-state index contributed by atoms with van der Waals surface area (Å²) in [5.41, 5.74) is 2.47. The Morgan fingerprint density at radius 3 is 2.56 bits per heavy atom. The molecule has 1 aromatic rings. The molecule has 0 saturated heterocycles. The van der Waals surface area contributed by atoms with Crippen LogP contribution in [-0.4, -0.2) is 17.7 Å². The van der Waals surface area contributed by atoms with Crippen molar-refractivity contribution in [3.05, 3.63) is 29.3 Å². The van der Waals surface area contributed by atoms with Crippen LogP contribution in [0, 0.1) is 19.8 Å². The summed E-state index contributed by atoms with van der Waals surface area (Å²) in [6.45, 7) is 10.4. The van der Waals surface area contributed by atoms with Gasteiger partial charge in [0.2, 0.25) is 5.91 Å². The molecule has 0 spiro atoms. The topological polar surface area (TPSA) is 29.1 Å². The van der Waals surface area contributed by atoms with Crippen LogP contribution in [0.4, 0.5) is 0 Å². The lowest BCUT2D eigenvalue weighted by Gasteiger charge is -2.17. The zero-order valence-electron chi connectivity index (χ0n) is 11.9. The fraction of sp³-hybridized carbons (Fsp3) is 0.533. The van der Waals surface area contributed by atoms with Gasteiger partial charge in [0.15, 0.2) is 0 Å². The number of amides is 1. The third kappa shape index (κ3) is 4.73. The lowest BCUT2D eigenvalue weighted by Crippen LogP contribution is -2.37. The van der Waals surface area contributed by atoms with Crippen LogP contribution >= 0.6 is 11.8 Å². The van der Waals surface area contributed by atoms with E-state index in [2.05, 4.69) is 51.2 Å². The van der Waals surface area contributed by atoms with Crippen LogP contribution in [0.1, 0.15) is 31.9 Å². The third-order valence-corrected chi connectivity index (χ3v) is 4.25. The minimum Gasteiger partial charge on any atom is -0.353 e. The van der Waals surface area contributed by atoms with E-state index in [0.717, 1.165) is 0 Å². The number of rotatable bonds is 5. The number of benzene rings is 1. The third-order valence-electron chi connectivity index (χ3n) is 3.09. The van der Waals surface area contributed by atoms with Crippen molar-refractivity contribution in [3.8, 4) is 0 Å². The maximum Gasteiger partial charge on any atom is 0.230 e. The van der Waals surface area contributed by atoms with Gasteiger partial charge in [0.1, 0.15) is 0 Å². The maximum absolute atomic E-state index is 11.8. The van der Waals surface area contributed by atoms with Crippen molar-refractivity contribution in [1.82, 2.24) is 5.32 Å². The Morgan fingerprint density at radius 1 is 1.28 bits per heavy atom. The van der Waals surface area contributed by atoms with Gasteiger partial charge >= 0.3 is 0 Å². The lowest BCUT2D eigenvalue weighted by molar-refractivity contribution is -0.119. The largest absolute Gasteiger partial charge is 0.353 e. The zero-order chi connectivity index (χ0) is 13.7. The SMILES string of the molecule is Cc1ccc(C)c(SCC(=O)NC(C)C(C)C)c1. The molecular weight excluding hydrogens is 242 g/mol. The van der Waals surface area contributed by atoms with E-state index in [9.17, 15) is 4.79 Å². The molecule has 3 heteroatoms. The van der Waals surface area contributed by atoms with Gasteiger partial charge in [-0.1, -0.05) is 31.5 Å². The Labute approximate surface area is 115 Å². The molecule has 18 heavy (non-hydrogen) atoms. The van der Waals surface area contributed by atoms with E-state index in [1.54, 1.807) is 11.8 Å². The second-order valence-electron chi connectivity index (χ2n) is 5.16. The fourth-order valence-electron chi connectivity index (χ4n) is 1.47. The van der Waals surface area contributed by atoms with Crippen LogP contribution in [0.25, 0.3) is 0 Å². The highest BCUT2D eigenvalue weighted by Crippen LogP contribution is 2.23. The molecular formula is C15H23NOS. The maximum atomic E-state index is 11.8.